The highest BCUT2D eigenvalue weighted by molar-refractivity contribution is 6.05. The fraction of sp³-hybridized carbons (Fsp3) is 0.182. The number of hydrogen-bond donors (Lipinski definition) is 0. The summed E-state index contributed by atoms with van der Waals surface area (Å²) in [5.41, 5.74) is 1.12. The minimum absolute atomic E-state index is 0.325. The average Bonchev–Trinajstić information content (AvgIpc) is 2.28. The molecule has 1 aliphatic carbocycles. The van der Waals surface area contributed by atoms with Crippen LogP contribution in [0.2, 0.25) is 0 Å². The summed E-state index contributed by atoms with van der Waals surface area (Å²) in [6.45, 7) is 0. The smallest absolute Gasteiger partial charge is 0.334 e. The van der Waals surface area contributed by atoms with Gasteiger partial charge >= 0.3 is 5.97 Å². The minimum Gasteiger partial charge on any atom is -0.466 e. The topological polar surface area (TPSA) is 55.7 Å². The van der Waals surface area contributed by atoms with Crippen LogP contribution in [0.15, 0.2) is 40.4 Å². The number of hydrogen-bond acceptors (Lipinski definition) is 3. The van der Waals surface area contributed by atoms with Crippen molar-refractivity contribution in [2.45, 2.75) is 0 Å². The number of carbonyl (C=O) groups excluding carboxylic acids is 2. The van der Waals surface area contributed by atoms with Crippen molar-refractivity contribution >= 4 is 18.1 Å². The summed E-state index contributed by atoms with van der Waals surface area (Å²) in [6.07, 6.45) is 8.27. The number of fused-ring (bicyclic) bond motifs is 1. The van der Waals surface area contributed by atoms with E-state index in [1.54, 1.807) is 24.3 Å². The maximum Gasteiger partial charge on any atom is 0.334 e. The van der Waals surface area contributed by atoms with Crippen molar-refractivity contribution in [2.75, 3.05) is 7.11 Å². The van der Waals surface area contributed by atoms with Gasteiger partial charge in [0.25, 0.3) is 5.91 Å². The second-order valence-electron chi connectivity index (χ2n) is 3.19. The van der Waals surface area contributed by atoms with Crippen LogP contribution in [0.4, 0.5) is 0 Å². The zero-order valence-corrected chi connectivity index (χ0v) is 8.14. The van der Waals surface area contributed by atoms with E-state index in [-0.39, 0.29) is 5.91 Å². The molecular weight excluding hydrogens is 194 g/mol. The highest BCUT2D eigenvalue weighted by atomic mass is 16.5. The zero-order chi connectivity index (χ0) is 10.8. The number of methoxy groups -OCH3 is 1. The summed E-state index contributed by atoms with van der Waals surface area (Å²) in [7, 11) is 1.29. The molecule has 0 saturated carbocycles. The molecule has 1 amide bonds. The molecule has 1 heterocycles. The number of carbonyl (C=O) groups is 2. The van der Waals surface area contributed by atoms with E-state index >= 15 is 0 Å². The lowest BCUT2D eigenvalue weighted by atomic mass is 9.85. The van der Waals surface area contributed by atoms with Crippen LogP contribution in [0.3, 0.4) is 0 Å². The van der Waals surface area contributed by atoms with Crippen molar-refractivity contribution in [1.29, 1.82) is 0 Å². The van der Waals surface area contributed by atoms with E-state index in [0.717, 1.165) is 5.57 Å². The Balaban J connectivity index is 2.42. The first-order valence-corrected chi connectivity index (χ1v) is 4.48. The molecule has 0 aromatic carbocycles. The summed E-state index contributed by atoms with van der Waals surface area (Å²) in [4.78, 5) is 26.6. The third-order valence-electron chi connectivity index (χ3n) is 2.35. The van der Waals surface area contributed by atoms with E-state index in [4.69, 9.17) is 0 Å². The first kappa shape index (κ1) is 9.58. The standard InChI is InChI=1S/C11H9NO3/c1-15-11(14)8-4-2-3-7-5-6-12-10(13)9(7)8/h2-6,9H,1H3. The van der Waals surface area contributed by atoms with Gasteiger partial charge < -0.3 is 4.74 Å². The van der Waals surface area contributed by atoms with Crippen molar-refractivity contribution in [1.82, 2.24) is 0 Å². The highest BCUT2D eigenvalue weighted by Crippen LogP contribution is 2.29. The quantitative estimate of drug-likeness (QED) is 0.592. The predicted molar refractivity (Wildman–Crippen MR) is 54.3 cm³/mol. The maximum absolute atomic E-state index is 11.5. The van der Waals surface area contributed by atoms with Gasteiger partial charge in [-0.1, -0.05) is 18.2 Å². The molecule has 0 radical (unpaired) electrons. The van der Waals surface area contributed by atoms with Crippen molar-refractivity contribution in [3.05, 3.63) is 35.5 Å². The Bertz CT molecular complexity index is 441. The molecule has 0 aromatic heterocycles. The normalized spacial score (nSPS) is 23.0. The molecule has 2 rings (SSSR count). The third-order valence-corrected chi connectivity index (χ3v) is 2.35. The van der Waals surface area contributed by atoms with Crippen molar-refractivity contribution in [3.8, 4) is 0 Å². The number of dihydropyridines is 1. The van der Waals surface area contributed by atoms with Crippen LogP contribution in [-0.4, -0.2) is 25.2 Å². The average molecular weight is 203 g/mol. The van der Waals surface area contributed by atoms with Gasteiger partial charge in [0, 0.05) is 6.21 Å². The lowest BCUT2D eigenvalue weighted by molar-refractivity contribution is -0.137. The van der Waals surface area contributed by atoms with Crippen LogP contribution in [-0.2, 0) is 14.3 Å². The molecule has 2 aliphatic rings. The number of esters is 1. The number of amides is 1. The number of nitrogens with zero attached hydrogens (tertiary/aromatic N) is 1. The van der Waals surface area contributed by atoms with Gasteiger partial charge in [-0.3, -0.25) is 4.79 Å². The van der Waals surface area contributed by atoms with Crippen LogP contribution in [0, 0.1) is 5.92 Å². The molecule has 1 aliphatic heterocycles. The molecule has 1 unspecified atom stereocenters. The van der Waals surface area contributed by atoms with E-state index < -0.39 is 11.9 Å². The van der Waals surface area contributed by atoms with Crippen LogP contribution in [0.25, 0.3) is 0 Å². The zero-order valence-electron chi connectivity index (χ0n) is 8.14. The fourth-order valence-corrected chi connectivity index (χ4v) is 1.64. The Morgan fingerprint density at radius 2 is 2.27 bits per heavy atom. The van der Waals surface area contributed by atoms with Gasteiger partial charge in [0.05, 0.1) is 18.6 Å². The molecular formula is C11H9NO3. The van der Waals surface area contributed by atoms with Gasteiger partial charge in [-0.2, -0.15) is 0 Å². The molecule has 0 fully saturated rings. The second kappa shape index (κ2) is 3.65. The van der Waals surface area contributed by atoms with Gasteiger partial charge in [-0.05, 0) is 11.6 Å². The molecule has 0 N–H and O–H groups in total. The van der Waals surface area contributed by atoms with E-state index in [2.05, 4.69) is 9.73 Å². The minimum atomic E-state index is -0.590. The summed E-state index contributed by atoms with van der Waals surface area (Å²) < 4.78 is 4.61. The predicted octanol–water partition coefficient (Wildman–Crippen LogP) is 0.809. The SMILES string of the molecule is COC(=O)C1=CC=CC2=CC=NC(=O)C21. The largest absolute Gasteiger partial charge is 0.466 e. The van der Waals surface area contributed by atoms with Crippen LogP contribution >= 0.6 is 0 Å². The monoisotopic (exact) mass is 203 g/mol. The first-order valence-electron chi connectivity index (χ1n) is 4.48. The number of ether oxygens (including phenoxy) is 1. The first-order chi connectivity index (χ1) is 7.24. The summed E-state index contributed by atoms with van der Waals surface area (Å²) in [6, 6.07) is 0. The molecule has 0 bridgehead atoms. The summed E-state index contributed by atoms with van der Waals surface area (Å²) >= 11 is 0. The Morgan fingerprint density at radius 3 is 3.00 bits per heavy atom. The number of allylic oxidation sites excluding steroid dienone is 4. The van der Waals surface area contributed by atoms with E-state index in [1.807, 2.05) is 0 Å². The van der Waals surface area contributed by atoms with Gasteiger partial charge in [-0.25, -0.2) is 9.79 Å². The molecule has 15 heavy (non-hydrogen) atoms. The third kappa shape index (κ3) is 1.54. The Labute approximate surface area is 86.6 Å². The Morgan fingerprint density at radius 1 is 1.47 bits per heavy atom. The van der Waals surface area contributed by atoms with Crippen molar-refractivity contribution < 1.29 is 14.3 Å². The summed E-state index contributed by atoms with van der Waals surface area (Å²) in [5, 5.41) is 0. The number of aliphatic imine (C=N–C) groups is 1. The van der Waals surface area contributed by atoms with Crippen molar-refractivity contribution in [2.24, 2.45) is 10.9 Å². The molecule has 1 atom stereocenters. The lowest BCUT2D eigenvalue weighted by Crippen LogP contribution is -2.26. The fourth-order valence-electron chi connectivity index (χ4n) is 1.64. The van der Waals surface area contributed by atoms with Gasteiger partial charge in [-0.15, -0.1) is 0 Å². The molecule has 4 nitrogen and oxygen atoms in total. The van der Waals surface area contributed by atoms with Crippen molar-refractivity contribution in [3.63, 3.8) is 0 Å². The molecule has 76 valence electrons. The van der Waals surface area contributed by atoms with Gasteiger partial charge in [0.1, 0.15) is 0 Å². The lowest BCUT2D eigenvalue weighted by Gasteiger charge is -2.21. The van der Waals surface area contributed by atoms with Crippen LogP contribution < -0.4 is 0 Å². The second-order valence-corrected chi connectivity index (χ2v) is 3.19. The number of rotatable bonds is 1. The molecule has 4 heteroatoms. The van der Waals surface area contributed by atoms with Gasteiger partial charge in [0.2, 0.25) is 0 Å². The van der Waals surface area contributed by atoms with E-state index in [0.29, 0.717) is 5.57 Å². The Kier molecular flexibility index (Phi) is 2.33. The summed E-state index contributed by atoms with van der Waals surface area (Å²) in [5.74, 6) is -1.40. The van der Waals surface area contributed by atoms with Crippen LogP contribution in [0.5, 0.6) is 0 Å². The maximum atomic E-state index is 11.5. The molecule has 0 saturated heterocycles. The molecule has 0 spiro atoms. The Hall–Kier alpha value is -1.97. The van der Waals surface area contributed by atoms with E-state index in [9.17, 15) is 9.59 Å². The highest BCUT2D eigenvalue weighted by Gasteiger charge is 2.32. The van der Waals surface area contributed by atoms with E-state index in [1.165, 1.54) is 13.3 Å². The van der Waals surface area contributed by atoms with Crippen LogP contribution in [0.1, 0.15) is 0 Å². The molecule has 0 aromatic rings. The van der Waals surface area contributed by atoms with Gasteiger partial charge in [0.15, 0.2) is 0 Å².